The molecule has 174 valence electrons. The maximum atomic E-state index is 12.5. The standard InChI is InChI=1S/C22H17F3N6O3/c1-14-12-13-31(30-14)19-10-11-20(29-28-19)33-16-8-6-15(7-9-16)26-21(32)27-17-4-2-3-5-18(17)34-22(23,24)25/h2-13H,1H3,(H2,26,27,32). The topological polar surface area (TPSA) is 103 Å². The maximum Gasteiger partial charge on any atom is 0.573 e. The number of carbonyl (C=O) groups excluding carboxylic acids is 1. The average molecular weight is 470 g/mol. The van der Waals surface area contributed by atoms with Crippen LogP contribution in [0.4, 0.5) is 29.3 Å². The van der Waals surface area contributed by atoms with Gasteiger partial charge in [-0.3, -0.25) is 0 Å². The molecule has 0 spiro atoms. The fourth-order valence-electron chi connectivity index (χ4n) is 2.83. The summed E-state index contributed by atoms with van der Waals surface area (Å²) in [4.78, 5) is 12.2. The van der Waals surface area contributed by atoms with Crippen LogP contribution in [0.2, 0.25) is 0 Å². The first-order valence-electron chi connectivity index (χ1n) is 9.82. The van der Waals surface area contributed by atoms with Gasteiger partial charge in [-0.2, -0.15) is 5.10 Å². The molecule has 0 fully saturated rings. The number of halogens is 3. The molecule has 0 bridgehead atoms. The number of amides is 2. The Kier molecular flexibility index (Phi) is 6.30. The van der Waals surface area contributed by atoms with Gasteiger partial charge in [-0.05, 0) is 55.5 Å². The summed E-state index contributed by atoms with van der Waals surface area (Å²) < 4.78 is 48.7. The van der Waals surface area contributed by atoms with Crippen LogP contribution < -0.4 is 20.1 Å². The molecular formula is C22H17F3N6O3. The predicted molar refractivity (Wildman–Crippen MR) is 116 cm³/mol. The SMILES string of the molecule is Cc1ccn(-c2ccc(Oc3ccc(NC(=O)Nc4ccccc4OC(F)(F)F)cc3)nn2)n1. The lowest BCUT2D eigenvalue weighted by Crippen LogP contribution is -2.22. The van der Waals surface area contributed by atoms with E-state index in [1.54, 1.807) is 47.3 Å². The minimum atomic E-state index is -4.88. The van der Waals surface area contributed by atoms with Crippen LogP contribution >= 0.6 is 0 Å². The van der Waals surface area contributed by atoms with Crippen LogP contribution in [0.3, 0.4) is 0 Å². The lowest BCUT2D eigenvalue weighted by molar-refractivity contribution is -0.274. The van der Waals surface area contributed by atoms with E-state index in [1.165, 1.54) is 18.2 Å². The Morgan fingerprint density at radius 2 is 1.71 bits per heavy atom. The van der Waals surface area contributed by atoms with E-state index in [1.807, 2.05) is 13.0 Å². The van der Waals surface area contributed by atoms with E-state index in [9.17, 15) is 18.0 Å². The minimum Gasteiger partial charge on any atom is -0.438 e. The van der Waals surface area contributed by atoms with E-state index in [0.717, 1.165) is 11.8 Å². The smallest absolute Gasteiger partial charge is 0.438 e. The van der Waals surface area contributed by atoms with Crippen LogP contribution in [0.1, 0.15) is 5.69 Å². The fraction of sp³-hybridized carbons (Fsp3) is 0.0909. The minimum absolute atomic E-state index is 0.135. The van der Waals surface area contributed by atoms with Crippen LogP contribution in [-0.4, -0.2) is 32.4 Å². The Balaban J connectivity index is 1.35. The predicted octanol–water partition coefficient (Wildman–Crippen LogP) is 5.31. The Morgan fingerprint density at radius 3 is 2.35 bits per heavy atom. The van der Waals surface area contributed by atoms with Gasteiger partial charge in [0.25, 0.3) is 0 Å². The third-order valence-electron chi connectivity index (χ3n) is 4.28. The zero-order valence-electron chi connectivity index (χ0n) is 17.6. The first-order chi connectivity index (χ1) is 16.2. The first kappa shape index (κ1) is 22.6. The Bertz CT molecular complexity index is 1270. The summed E-state index contributed by atoms with van der Waals surface area (Å²) >= 11 is 0. The van der Waals surface area contributed by atoms with E-state index < -0.39 is 18.1 Å². The van der Waals surface area contributed by atoms with Crippen molar-refractivity contribution >= 4 is 17.4 Å². The van der Waals surface area contributed by atoms with Gasteiger partial charge in [-0.25, -0.2) is 9.48 Å². The third-order valence-corrected chi connectivity index (χ3v) is 4.28. The van der Waals surface area contributed by atoms with Gasteiger partial charge in [-0.1, -0.05) is 12.1 Å². The number of alkyl halides is 3. The number of anilines is 2. The van der Waals surface area contributed by atoms with Gasteiger partial charge in [0.1, 0.15) is 5.75 Å². The van der Waals surface area contributed by atoms with Gasteiger partial charge in [0, 0.05) is 18.0 Å². The summed E-state index contributed by atoms with van der Waals surface area (Å²) in [6.45, 7) is 1.87. The van der Waals surface area contributed by atoms with E-state index >= 15 is 0 Å². The third kappa shape index (κ3) is 6.00. The van der Waals surface area contributed by atoms with Gasteiger partial charge < -0.3 is 20.1 Å². The van der Waals surface area contributed by atoms with Crippen molar-refractivity contribution < 1.29 is 27.4 Å². The maximum absolute atomic E-state index is 12.5. The molecule has 0 aliphatic rings. The summed E-state index contributed by atoms with van der Waals surface area (Å²) in [5.41, 5.74) is 1.10. The number of hydrogen-bond donors (Lipinski definition) is 2. The molecule has 2 heterocycles. The van der Waals surface area contributed by atoms with Crippen molar-refractivity contribution in [2.75, 3.05) is 10.6 Å². The van der Waals surface area contributed by atoms with Crippen LogP contribution in [0.25, 0.3) is 5.82 Å². The number of nitrogens with zero attached hydrogens (tertiary/aromatic N) is 4. The number of aromatic nitrogens is 4. The second kappa shape index (κ2) is 9.48. The number of urea groups is 1. The molecule has 4 aromatic rings. The van der Waals surface area contributed by atoms with Gasteiger partial charge >= 0.3 is 12.4 Å². The molecule has 2 aromatic carbocycles. The highest BCUT2D eigenvalue weighted by atomic mass is 19.4. The molecule has 0 aliphatic heterocycles. The molecule has 0 saturated carbocycles. The summed E-state index contributed by atoms with van der Waals surface area (Å²) in [7, 11) is 0. The van der Waals surface area contributed by atoms with Crippen LogP contribution in [0, 0.1) is 6.92 Å². The highest BCUT2D eigenvalue weighted by Gasteiger charge is 2.32. The Labute approximate surface area is 191 Å². The van der Waals surface area contributed by atoms with Crippen molar-refractivity contribution in [1.82, 2.24) is 20.0 Å². The van der Waals surface area contributed by atoms with Crippen LogP contribution in [-0.2, 0) is 0 Å². The van der Waals surface area contributed by atoms with Crippen LogP contribution in [0.15, 0.2) is 72.9 Å². The molecule has 0 unspecified atom stereocenters. The zero-order valence-corrected chi connectivity index (χ0v) is 17.6. The lowest BCUT2D eigenvalue weighted by Gasteiger charge is -2.14. The number of rotatable bonds is 6. The molecule has 0 saturated heterocycles. The monoisotopic (exact) mass is 470 g/mol. The first-order valence-corrected chi connectivity index (χ1v) is 9.82. The van der Waals surface area contributed by atoms with Gasteiger partial charge in [-0.15, -0.1) is 23.4 Å². The number of hydrogen-bond acceptors (Lipinski definition) is 6. The molecule has 9 nitrogen and oxygen atoms in total. The number of ether oxygens (including phenoxy) is 2. The molecule has 0 atom stereocenters. The highest BCUT2D eigenvalue weighted by Crippen LogP contribution is 2.30. The average Bonchev–Trinajstić information content (AvgIpc) is 3.22. The summed E-state index contributed by atoms with van der Waals surface area (Å²) in [5.74, 6) is 0.705. The quantitative estimate of drug-likeness (QED) is 0.396. The van der Waals surface area contributed by atoms with Crippen molar-refractivity contribution in [1.29, 1.82) is 0 Å². The summed E-state index contributed by atoms with van der Waals surface area (Å²) in [6.07, 6.45) is -3.11. The number of benzene rings is 2. The molecule has 2 aromatic heterocycles. The second-order valence-electron chi connectivity index (χ2n) is 6.88. The number of nitrogens with one attached hydrogen (secondary N) is 2. The molecule has 4 rings (SSSR count). The highest BCUT2D eigenvalue weighted by molar-refractivity contribution is 6.00. The van der Waals surface area contributed by atoms with Gasteiger partial charge in [0.15, 0.2) is 11.6 Å². The number of aryl methyl sites for hydroxylation is 1. The molecule has 0 aliphatic carbocycles. The number of para-hydroxylation sites is 2. The molecule has 2 amide bonds. The van der Waals surface area contributed by atoms with Crippen molar-refractivity contribution in [3.05, 3.63) is 78.6 Å². The van der Waals surface area contributed by atoms with Crippen molar-refractivity contribution in [2.24, 2.45) is 0 Å². The van der Waals surface area contributed by atoms with E-state index in [2.05, 4.69) is 30.7 Å². The van der Waals surface area contributed by atoms with Crippen molar-refractivity contribution in [3.63, 3.8) is 0 Å². The molecular weight excluding hydrogens is 453 g/mol. The van der Waals surface area contributed by atoms with E-state index in [-0.39, 0.29) is 11.6 Å². The summed E-state index contributed by atoms with van der Waals surface area (Å²) in [6, 6.07) is 15.9. The summed E-state index contributed by atoms with van der Waals surface area (Å²) in [5, 5.41) is 17.2. The Morgan fingerprint density at radius 1 is 0.941 bits per heavy atom. The van der Waals surface area contributed by atoms with Gasteiger partial charge in [0.2, 0.25) is 5.88 Å². The molecule has 34 heavy (non-hydrogen) atoms. The zero-order chi connectivity index (χ0) is 24.1. The lowest BCUT2D eigenvalue weighted by atomic mass is 10.3. The van der Waals surface area contributed by atoms with Gasteiger partial charge in [0.05, 0.1) is 11.4 Å². The largest absolute Gasteiger partial charge is 0.573 e. The second-order valence-corrected chi connectivity index (χ2v) is 6.88. The van der Waals surface area contributed by atoms with E-state index in [4.69, 9.17) is 4.74 Å². The molecule has 0 radical (unpaired) electrons. The fourth-order valence-corrected chi connectivity index (χ4v) is 2.83. The Hall–Kier alpha value is -4.61. The number of carbonyl (C=O) groups is 1. The van der Waals surface area contributed by atoms with E-state index in [0.29, 0.717) is 17.3 Å². The van der Waals surface area contributed by atoms with Crippen molar-refractivity contribution in [2.45, 2.75) is 13.3 Å². The van der Waals surface area contributed by atoms with Crippen molar-refractivity contribution in [3.8, 4) is 23.2 Å². The normalized spacial score (nSPS) is 11.1. The molecule has 2 N–H and O–H groups in total. The molecule has 12 heteroatoms. The van der Waals surface area contributed by atoms with Crippen LogP contribution in [0.5, 0.6) is 17.4 Å².